The molecule has 0 aliphatic carbocycles. The molecule has 15 heavy (non-hydrogen) atoms. The standard InChI is InChI=1S/C8H13N3O4/c1-6-9-4-7(11(12)13)10(6)5-8(14-2)15-3/h4,8H,5H2,1-3H3. The first-order chi connectivity index (χ1) is 7.10. The molecule has 0 bridgehead atoms. The fourth-order valence-electron chi connectivity index (χ4n) is 1.22. The smallest absolute Gasteiger partial charge is 0.343 e. The highest BCUT2D eigenvalue weighted by Crippen LogP contribution is 2.14. The van der Waals surface area contributed by atoms with Crippen molar-refractivity contribution in [3.05, 3.63) is 22.1 Å². The van der Waals surface area contributed by atoms with E-state index in [0.717, 1.165) is 0 Å². The van der Waals surface area contributed by atoms with Gasteiger partial charge < -0.3 is 19.6 Å². The van der Waals surface area contributed by atoms with Crippen LogP contribution in [0.1, 0.15) is 5.82 Å². The van der Waals surface area contributed by atoms with Gasteiger partial charge in [-0.2, -0.15) is 0 Å². The number of nitro groups is 1. The van der Waals surface area contributed by atoms with Crippen molar-refractivity contribution in [2.75, 3.05) is 14.2 Å². The Balaban J connectivity index is 2.91. The van der Waals surface area contributed by atoms with Crippen LogP contribution in [-0.4, -0.2) is 35.0 Å². The predicted octanol–water partition coefficient (Wildman–Crippen LogP) is 0.719. The van der Waals surface area contributed by atoms with E-state index in [1.807, 2.05) is 0 Å². The zero-order chi connectivity index (χ0) is 11.4. The number of hydrogen-bond donors (Lipinski definition) is 0. The summed E-state index contributed by atoms with van der Waals surface area (Å²) in [6.07, 6.45) is 0.703. The molecule has 0 radical (unpaired) electrons. The lowest BCUT2D eigenvalue weighted by atomic mass is 10.5. The van der Waals surface area contributed by atoms with Crippen LogP contribution >= 0.6 is 0 Å². The zero-order valence-electron chi connectivity index (χ0n) is 8.84. The molecule has 1 rings (SSSR count). The fourth-order valence-corrected chi connectivity index (χ4v) is 1.22. The number of imidazole rings is 1. The molecule has 0 N–H and O–H groups in total. The van der Waals surface area contributed by atoms with Gasteiger partial charge in [0.1, 0.15) is 12.7 Å². The van der Waals surface area contributed by atoms with Gasteiger partial charge in [0.25, 0.3) is 0 Å². The summed E-state index contributed by atoms with van der Waals surface area (Å²) in [7, 11) is 2.96. The Morgan fingerprint density at radius 1 is 1.60 bits per heavy atom. The highest BCUT2D eigenvalue weighted by Gasteiger charge is 2.21. The monoisotopic (exact) mass is 215 g/mol. The van der Waals surface area contributed by atoms with Crippen LogP contribution in [0.5, 0.6) is 0 Å². The molecule has 84 valence electrons. The number of nitrogens with zero attached hydrogens (tertiary/aromatic N) is 3. The maximum absolute atomic E-state index is 10.7. The first-order valence-corrected chi connectivity index (χ1v) is 4.32. The van der Waals surface area contributed by atoms with E-state index in [2.05, 4.69) is 4.98 Å². The van der Waals surface area contributed by atoms with Crippen LogP contribution in [0, 0.1) is 17.0 Å². The molecule has 0 spiro atoms. The molecule has 1 aromatic heterocycles. The molecule has 0 fully saturated rings. The van der Waals surface area contributed by atoms with Crippen LogP contribution < -0.4 is 0 Å². The first-order valence-electron chi connectivity index (χ1n) is 4.32. The molecule has 7 nitrogen and oxygen atoms in total. The van der Waals surface area contributed by atoms with Gasteiger partial charge in [-0.3, -0.25) is 0 Å². The molecular formula is C8H13N3O4. The Hall–Kier alpha value is -1.47. The van der Waals surface area contributed by atoms with Crippen molar-refractivity contribution in [3.8, 4) is 0 Å². The van der Waals surface area contributed by atoms with Gasteiger partial charge in [-0.15, -0.1) is 0 Å². The number of rotatable bonds is 5. The summed E-state index contributed by atoms with van der Waals surface area (Å²) in [6.45, 7) is 1.94. The second-order valence-corrected chi connectivity index (χ2v) is 2.93. The zero-order valence-corrected chi connectivity index (χ0v) is 8.84. The highest BCUT2D eigenvalue weighted by molar-refractivity contribution is 5.18. The van der Waals surface area contributed by atoms with Crippen LogP contribution in [0.25, 0.3) is 0 Å². The van der Waals surface area contributed by atoms with Crippen molar-refractivity contribution >= 4 is 5.82 Å². The molecule has 0 aliphatic heterocycles. The van der Waals surface area contributed by atoms with E-state index in [-0.39, 0.29) is 12.4 Å². The lowest BCUT2D eigenvalue weighted by Crippen LogP contribution is -2.22. The number of methoxy groups -OCH3 is 2. The summed E-state index contributed by atoms with van der Waals surface area (Å²) < 4.78 is 11.4. The normalized spacial score (nSPS) is 10.9. The Morgan fingerprint density at radius 2 is 2.20 bits per heavy atom. The van der Waals surface area contributed by atoms with Gasteiger partial charge in [-0.25, -0.2) is 9.55 Å². The molecule has 7 heteroatoms. The van der Waals surface area contributed by atoms with E-state index in [4.69, 9.17) is 9.47 Å². The van der Waals surface area contributed by atoms with Crippen LogP contribution in [0.2, 0.25) is 0 Å². The summed E-state index contributed by atoms with van der Waals surface area (Å²) >= 11 is 0. The fraction of sp³-hybridized carbons (Fsp3) is 0.625. The molecule has 1 aromatic rings. The second-order valence-electron chi connectivity index (χ2n) is 2.93. The van der Waals surface area contributed by atoms with Gasteiger partial charge in [-0.1, -0.05) is 0 Å². The molecule has 1 heterocycles. The maximum Gasteiger partial charge on any atom is 0.343 e. The summed E-state index contributed by atoms with van der Waals surface area (Å²) in [4.78, 5) is 14.0. The third-order valence-corrected chi connectivity index (χ3v) is 2.08. The Bertz CT molecular complexity index is 346. The molecule has 0 saturated carbocycles. The topological polar surface area (TPSA) is 79.4 Å². The van der Waals surface area contributed by atoms with Crippen molar-refractivity contribution in [2.45, 2.75) is 19.8 Å². The van der Waals surface area contributed by atoms with Gasteiger partial charge in [0.05, 0.1) is 0 Å². The minimum Gasteiger partial charge on any atom is -0.358 e. The van der Waals surface area contributed by atoms with E-state index >= 15 is 0 Å². The van der Waals surface area contributed by atoms with Gasteiger partial charge in [0.15, 0.2) is 12.1 Å². The van der Waals surface area contributed by atoms with Crippen molar-refractivity contribution in [3.63, 3.8) is 0 Å². The molecule has 0 saturated heterocycles. The minimum atomic E-state index is -0.517. The van der Waals surface area contributed by atoms with Gasteiger partial charge in [-0.05, 0) is 4.92 Å². The minimum absolute atomic E-state index is 0.0633. The second kappa shape index (κ2) is 4.85. The Kier molecular flexibility index (Phi) is 3.75. The molecule has 0 unspecified atom stereocenters. The molecule has 0 atom stereocenters. The highest BCUT2D eigenvalue weighted by atomic mass is 16.7. The van der Waals surface area contributed by atoms with Crippen LogP contribution in [0.15, 0.2) is 6.20 Å². The SMILES string of the molecule is COC(Cn1c([N+](=O)[O-])cnc1C)OC. The number of ether oxygens (including phenoxy) is 2. The molecular weight excluding hydrogens is 202 g/mol. The number of aromatic nitrogens is 2. The van der Waals surface area contributed by atoms with Crippen molar-refractivity contribution in [1.29, 1.82) is 0 Å². The molecule has 0 aliphatic rings. The summed E-state index contributed by atoms with van der Waals surface area (Å²) in [6, 6.07) is 0. The summed E-state index contributed by atoms with van der Waals surface area (Å²) in [5, 5.41) is 10.7. The van der Waals surface area contributed by atoms with E-state index < -0.39 is 11.2 Å². The van der Waals surface area contributed by atoms with Crippen molar-refractivity contribution in [2.24, 2.45) is 0 Å². The van der Waals surface area contributed by atoms with Gasteiger partial charge in [0, 0.05) is 21.1 Å². The van der Waals surface area contributed by atoms with E-state index in [1.165, 1.54) is 25.0 Å². The average Bonchev–Trinajstić information content (AvgIpc) is 2.56. The van der Waals surface area contributed by atoms with Crippen molar-refractivity contribution in [1.82, 2.24) is 9.55 Å². The first kappa shape index (κ1) is 11.6. The molecule has 0 amide bonds. The lowest BCUT2D eigenvalue weighted by Gasteiger charge is -2.12. The number of aryl methyl sites for hydroxylation is 1. The van der Waals surface area contributed by atoms with Crippen LogP contribution in [-0.2, 0) is 16.0 Å². The number of hydrogen-bond acceptors (Lipinski definition) is 5. The maximum atomic E-state index is 10.7. The van der Waals surface area contributed by atoms with E-state index in [1.54, 1.807) is 6.92 Å². The van der Waals surface area contributed by atoms with Crippen molar-refractivity contribution < 1.29 is 14.4 Å². The largest absolute Gasteiger partial charge is 0.358 e. The third kappa shape index (κ3) is 2.51. The Morgan fingerprint density at radius 3 is 2.67 bits per heavy atom. The third-order valence-electron chi connectivity index (χ3n) is 2.08. The predicted molar refractivity (Wildman–Crippen MR) is 51.4 cm³/mol. The molecule has 0 aromatic carbocycles. The van der Waals surface area contributed by atoms with E-state index in [0.29, 0.717) is 5.82 Å². The van der Waals surface area contributed by atoms with E-state index in [9.17, 15) is 10.1 Å². The van der Waals surface area contributed by atoms with Gasteiger partial charge in [0.2, 0.25) is 0 Å². The summed E-state index contributed by atoms with van der Waals surface area (Å²) in [5.74, 6) is 0.493. The van der Waals surface area contributed by atoms with Gasteiger partial charge >= 0.3 is 5.82 Å². The van der Waals surface area contributed by atoms with Crippen LogP contribution in [0.3, 0.4) is 0 Å². The average molecular weight is 215 g/mol. The summed E-state index contributed by atoms with van der Waals surface area (Å²) in [5.41, 5.74) is 0. The lowest BCUT2D eigenvalue weighted by molar-refractivity contribution is -0.392. The quantitative estimate of drug-likeness (QED) is 0.410. The Labute approximate surface area is 86.8 Å². The van der Waals surface area contributed by atoms with Crippen LogP contribution in [0.4, 0.5) is 5.82 Å².